The number of hydrogen-bond donors (Lipinski definition) is 1. The lowest BCUT2D eigenvalue weighted by Gasteiger charge is -2.01. The van der Waals surface area contributed by atoms with Gasteiger partial charge in [-0.2, -0.15) is 5.10 Å². The summed E-state index contributed by atoms with van der Waals surface area (Å²) >= 11 is 10.3. The van der Waals surface area contributed by atoms with Gasteiger partial charge in [0.15, 0.2) is 8.68 Å². The minimum atomic E-state index is -0.188. The molecule has 0 bridgehead atoms. The van der Waals surface area contributed by atoms with Gasteiger partial charge in [-0.1, -0.05) is 101 Å². The minimum absolute atomic E-state index is 0.188. The fourth-order valence-corrected chi connectivity index (χ4v) is 5.63. The molecule has 31 heavy (non-hydrogen) atoms. The minimum Gasteiger partial charge on any atom is -0.272 e. The zero-order valence-electron chi connectivity index (χ0n) is 16.2. The van der Waals surface area contributed by atoms with E-state index >= 15 is 0 Å². The van der Waals surface area contributed by atoms with Gasteiger partial charge in [0.05, 0.1) is 12.0 Å². The van der Waals surface area contributed by atoms with Gasteiger partial charge in [0.25, 0.3) is 5.91 Å². The summed E-state index contributed by atoms with van der Waals surface area (Å²) in [6, 6.07) is 21.8. The summed E-state index contributed by atoms with van der Waals surface area (Å²) in [5.74, 6) is 0.829. The number of amides is 1. The summed E-state index contributed by atoms with van der Waals surface area (Å²) in [7, 11) is 0. The molecule has 5 nitrogen and oxygen atoms in total. The fourth-order valence-electron chi connectivity index (χ4n) is 2.74. The highest BCUT2D eigenvalue weighted by Crippen LogP contribution is 2.30. The molecule has 3 aromatic carbocycles. The number of aromatic nitrogens is 2. The Labute approximate surface area is 197 Å². The van der Waals surface area contributed by atoms with Crippen molar-refractivity contribution in [1.29, 1.82) is 0 Å². The van der Waals surface area contributed by atoms with Gasteiger partial charge in [0.2, 0.25) is 0 Å². The number of carbonyl (C=O) groups excluding carboxylic acids is 1. The maximum Gasteiger partial charge on any atom is 0.250 e. The first-order valence-corrected chi connectivity index (χ1v) is 12.5. The first-order valence-electron chi connectivity index (χ1n) is 9.30. The van der Waals surface area contributed by atoms with E-state index in [0.29, 0.717) is 0 Å². The molecule has 0 radical (unpaired) electrons. The third-order valence-corrected chi connectivity index (χ3v) is 7.72. The van der Waals surface area contributed by atoms with Gasteiger partial charge in [-0.25, -0.2) is 5.43 Å². The van der Waals surface area contributed by atoms with Crippen molar-refractivity contribution >= 4 is 69.4 Å². The van der Waals surface area contributed by atoms with E-state index in [1.54, 1.807) is 18.0 Å². The van der Waals surface area contributed by atoms with Crippen molar-refractivity contribution < 1.29 is 4.79 Å². The summed E-state index contributed by atoms with van der Waals surface area (Å²) in [6.07, 6.45) is 1.67. The average Bonchev–Trinajstić information content (AvgIpc) is 3.25. The van der Waals surface area contributed by atoms with Crippen LogP contribution in [0.4, 0.5) is 0 Å². The first kappa shape index (κ1) is 21.8. The Bertz CT molecular complexity index is 1210. The van der Waals surface area contributed by atoms with E-state index in [-0.39, 0.29) is 11.7 Å². The third kappa shape index (κ3) is 6.30. The van der Waals surface area contributed by atoms with Crippen LogP contribution in [0.3, 0.4) is 0 Å². The van der Waals surface area contributed by atoms with Gasteiger partial charge in [-0.3, -0.25) is 4.79 Å². The second-order valence-electron chi connectivity index (χ2n) is 6.40. The average molecular weight is 485 g/mol. The van der Waals surface area contributed by atoms with Crippen LogP contribution in [0.15, 0.2) is 80.5 Å². The van der Waals surface area contributed by atoms with Crippen LogP contribution >= 0.6 is 46.5 Å². The standard InChI is InChI=1S/C22H17ClN4OS3/c23-18-10-8-15(9-11-18)13-29-21-26-27-22(31-21)30-14-20(28)25-24-12-17-6-3-5-16-4-1-2-7-19(16)17/h1-12H,13-14H2,(H,25,28). The monoisotopic (exact) mass is 484 g/mol. The Morgan fingerprint density at radius 2 is 1.74 bits per heavy atom. The zero-order valence-corrected chi connectivity index (χ0v) is 19.4. The second-order valence-corrected chi connectivity index (χ2v) is 10.3. The zero-order chi connectivity index (χ0) is 21.5. The molecule has 0 saturated carbocycles. The topological polar surface area (TPSA) is 67.2 Å². The maximum atomic E-state index is 12.1. The Hall–Kier alpha value is -2.39. The van der Waals surface area contributed by atoms with Crippen molar-refractivity contribution in [3.05, 3.63) is 82.9 Å². The molecule has 0 fully saturated rings. The van der Waals surface area contributed by atoms with Crippen molar-refractivity contribution in [1.82, 2.24) is 15.6 Å². The van der Waals surface area contributed by atoms with Crippen LogP contribution < -0.4 is 5.43 Å². The number of thioether (sulfide) groups is 2. The van der Waals surface area contributed by atoms with Crippen molar-refractivity contribution in [3.63, 3.8) is 0 Å². The van der Waals surface area contributed by atoms with Gasteiger partial charge >= 0.3 is 0 Å². The molecule has 0 spiro atoms. The van der Waals surface area contributed by atoms with E-state index in [1.165, 1.54) is 28.7 Å². The molecular formula is C22H17ClN4OS3. The third-order valence-electron chi connectivity index (χ3n) is 4.21. The molecule has 0 aliphatic rings. The second kappa shape index (κ2) is 10.8. The van der Waals surface area contributed by atoms with Crippen LogP contribution in [0, 0.1) is 0 Å². The summed E-state index contributed by atoms with van der Waals surface area (Å²) < 4.78 is 1.62. The Morgan fingerprint density at radius 3 is 2.58 bits per heavy atom. The van der Waals surface area contributed by atoms with Crippen molar-refractivity contribution in [2.24, 2.45) is 5.10 Å². The highest BCUT2D eigenvalue weighted by Gasteiger charge is 2.09. The van der Waals surface area contributed by atoms with Crippen LogP contribution in [-0.4, -0.2) is 28.1 Å². The smallest absolute Gasteiger partial charge is 0.250 e. The van der Waals surface area contributed by atoms with E-state index in [0.717, 1.165) is 35.8 Å². The molecule has 1 aromatic heterocycles. The number of carbonyl (C=O) groups is 1. The predicted molar refractivity (Wildman–Crippen MR) is 131 cm³/mol. The van der Waals surface area contributed by atoms with E-state index in [2.05, 4.69) is 20.7 Å². The predicted octanol–water partition coefficient (Wildman–Crippen LogP) is 5.88. The largest absolute Gasteiger partial charge is 0.272 e. The lowest BCUT2D eigenvalue weighted by Crippen LogP contribution is -2.19. The highest BCUT2D eigenvalue weighted by atomic mass is 35.5. The number of fused-ring (bicyclic) bond motifs is 1. The molecule has 0 aliphatic carbocycles. The van der Waals surface area contributed by atoms with E-state index in [4.69, 9.17) is 11.6 Å². The van der Waals surface area contributed by atoms with Gasteiger partial charge in [0, 0.05) is 16.3 Å². The Kier molecular flexibility index (Phi) is 7.58. The van der Waals surface area contributed by atoms with Crippen LogP contribution in [-0.2, 0) is 10.5 Å². The van der Waals surface area contributed by atoms with Crippen LogP contribution in [0.1, 0.15) is 11.1 Å². The molecule has 0 atom stereocenters. The number of hydrogen-bond acceptors (Lipinski definition) is 7. The summed E-state index contributed by atoms with van der Waals surface area (Å²) in [4.78, 5) is 12.1. The lowest BCUT2D eigenvalue weighted by atomic mass is 10.1. The molecular weight excluding hydrogens is 468 g/mol. The molecule has 0 aliphatic heterocycles. The van der Waals surface area contributed by atoms with Gasteiger partial charge in [-0.05, 0) is 28.5 Å². The molecule has 0 unspecified atom stereocenters. The number of nitrogens with one attached hydrogen (secondary N) is 1. The summed E-state index contributed by atoms with van der Waals surface area (Å²) in [6.45, 7) is 0. The summed E-state index contributed by atoms with van der Waals surface area (Å²) in [5.41, 5.74) is 4.70. The quantitative estimate of drug-likeness (QED) is 0.192. The van der Waals surface area contributed by atoms with E-state index in [9.17, 15) is 4.79 Å². The number of nitrogens with zero attached hydrogens (tertiary/aromatic N) is 3. The highest BCUT2D eigenvalue weighted by molar-refractivity contribution is 8.03. The molecule has 0 saturated heterocycles. The van der Waals surface area contributed by atoms with Crippen molar-refractivity contribution in [2.45, 2.75) is 14.4 Å². The fraction of sp³-hybridized carbons (Fsp3) is 0.0909. The number of rotatable bonds is 8. The number of benzene rings is 3. The van der Waals surface area contributed by atoms with Crippen LogP contribution in [0.25, 0.3) is 10.8 Å². The van der Waals surface area contributed by atoms with E-state index in [1.807, 2.05) is 66.7 Å². The summed E-state index contributed by atoms with van der Waals surface area (Å²) in [5, 5.41) is 15.4. The Balaban J connectivity index is 1.24. The SMILES string of the molecule is O=C(CSc1nnc(SCc2ccc(Cl)cc2)s1)NN=Cc1cccc2ccccc12. The van der Waals surface area contributed by atoms with Gasteiger partial charge in [-0.15, -0.1) is 10.2 Å². The maximum absolute atomic E-state index is 12.1. The number of halogens is 1. The molecule has 1 heterocycles. The lowest BCUT2D eigenvalue weighted by molar-refractivity contribution is -0.118. The molecule has 4 rings (SSSR count). The molecule has 1 N–H and O–H groups in total. The van der Waals surface area contributed by atoms with Crippen LogP contribution in [0.2, 0.25) is 5.02 Å². The molecule has 9 heteroatoms. The molecule has 4 aromatic rings. The first-order chi connectivity index (χ1) is 15.2. The van der Waals surface area contributed by atoms with Crippen LogP contribution in [0.5, 0.6) is 0 Å². The van der Waals surface area contributed by atoms with E-state index < -0.39 is 0 Å². The van der Waals surface area contributed by atoms with Gasteiger partial charge < -0.3 is 0 Å². The normalized spacial score (nSPS) is 11.3. The molecule has 156 valence electrons. The number of hydrazone groups is 1. The van der Waals surface area contributed by atoms with Gasteiger partial charge in [0.1, 0.15) is 0 Å². The van der Waals surface area contributed by atoms with Crippen molar-refractivity contribution in [2.75, 3.05) is 5.75 Å². The van der Waals surface area contributed by atoms with Crippen molar-refractivity contribution in [3.8, 4) is 0 Å². The molecule has 1 amide bonds. The Morgan fingerprint density at radius 1 is 1.00 bits per heavy atom.